The van der Waals surface area contributed by atoms with Crippen molar-refractivity contribution >= 4 is 11.6 Å². The molecule has 0 amide bonds. The molecule has 0 aromatic carbocycles. The zero-order valence-electron chi connectivity index (χ0n) is 8.31. The zero-order chi connectivity index (χ0) is 10.7. The third-order valence-corrected chi connectivity index (χ3v) is 2.19. The first-order chi connectivity index (χ1) is 7.25. The average molecular weight is 223 g/mol. The van der Waals surface area contributed by atoms with E-state index in [9.17, 15) is 0 Å². The van der Waals surface area contributed by atoms with E-state index in [4.69, 9.17) is 11.6 Å². The van der Waals surface area contributed by atoms with Gasteiger partial charge in [-0.3, -0.25) is 10.1 Å². The molecule has 0 aliphatic carbocycles. The predicted octanol–water partition coefficient (Wildman–Crippen LogP) is 2.09. The van der Waals surface area contributed by atoms with E-state index in [-0.39, 0.29) is 5.38 Å². The second-order valence-electron chi connectivity index (χ2n) is 3.29. The second-order valence-corrected chi connectivity index (χ2v) is 3.95. The van der Waals surface area contributed by atoms with Crippen molar-refractivity contribution in [2.75, 3.05) is 0 Å². The normalized spacial score (nSPS) is 12.7. The van der Waals surface area contributed by atoms with Gasteiger partial charge in [-0.15, -0.1) is 11.6 Å². The Morgan fingerprint density at radius 2 is 2.40 bits per heavy atom. The molecular formula is C10H11ClN4. The van der Waals surface area contributed by atoms with Gasteiger partial charge in [-0.05, 0) is 18.6 Å². The quantitative estimate of drug-likeness (QED) is 0.810. The van der Waals surface area contributed by atoms with Crippen molar-refractivity contribution in [3.63, 3.8) is 0 Å². The molecule has 0 saturated heterocycles. The van der Waals surface area contributed by atoms with E-state index in [1.807, 2.05) is 25.3 Å². The SMILES string of the molecule is CC(Cl)c1n[nH]c(Cc2cccnc2)n1. The lowest BCUT2D eigenvalue weighted by molar-refractivity contribution is 0.917. The molecule has 0 saturated carbocycles. The number of H-pyrrole nitrogens is 1. The molecule has 15 heavy (non-hydrogen) atoms. The standard InChI is InChI=1S/C10H11ClN4/c1-7(11)10-13-9(14-15-10)5-8-3-2-4-12-6-8/h2-4,6-7H,5H2,1H3,(H,13,14,15). The summed E-state index contributed by atoms with van der Waals surface area (Å²) >= 11 is 5.86. The summed E-state index contributed by atoms with van der Waals surface area (Å²) in [5.74, 6) is 1.45. The van der Waals surface area contributed by atoms with Crippen LogP contribution in [0.25, 0.3) is 0 Å². The smallest absolute Gasteiger partial charge is 0.168 e. The minimum atomic E-state index is -0.163. The number of aromatic amines is 1. The maximum absolute atomic E-state index is 5.86. The third kappa shape index (κ3) is 2.53. The van der Waals surface area contributed by atoms with Crippen molar-refractivity contribution in [3.8, 4) is 0 Å². The van der Waals surface area contributed by atoms with Gasteiger partial charge in [0.25, 0.3) is 0 Å². The van der Waals surface area contributed by atoms with Crippen LogP contribution in [0.3, 0.4) is 0 Å². The van der Waals surface area contributed by atoms with Crippen molar-refractivity contribution in [3.05, 3.63) is 41.7 Å². The summed E-state index contributed by atoms with van der Waals surface area (Å²) in [5, 5.41) is 6.72. The van der Waals surface area contributed by atoms with Crippen molar-refractivity contribution in [1.82, 2.24) is 20.2 Å². The topological polar surface area (TPSA) is 54.5 Å². The monoisotopic (exact) mass is 222 g/mol. The molecule has 2 aromatic rings. The first-order valence-corrected chi connectivity index (χ1v) is 5.13. The zero-order valence-corrected chi connectivity index (χ0v) is 9.07. The number of nitrogens with one attached hydrogen (secondary N) is 1. The van der Waals surface area contributed by atoms with Crippen LogP contribution >= 0.6 is 11.6 Å². The fourth-order valence-corrected chi connectivity index (χ4v) is 1.36. The van der Waals surface area contributed by atoms with E-state index in [2.05, 4.69) is 20.2 Å². The Hall–Kier alpha value is -1.42. The van der Waals surface area contributed by atoms with Crippen LogP contribution in [0, 0.1) is 0 Å². The van der Waals surface area contributed by atoms with Gasteiger partial charge < -0.3 is 0 Å². The van der Waals surface area contributed by atoms with Gasteiger partial charge in [-0.25, -0.2) is 4.98 Å². The van der Waals surface area contributed by atoms with Crippen LogP contribution < -0.4 is 0 Å². The summed E-state index contributed by atoms with van der Waals surface area (Å²) < 4.78 is 0. The fourth-order valence-electron chi connectivity index (χ4n) is 1.26. The number of aromatic nitrogens is 4. The Bertz CT molecular complexity index is 424. The molecule has 4 nitrogen and oxygen atoms in total. The molecule has 0 aliphatic heterocycles. The Balaban J connectivity index is 2.12. The maximum atomic E-state index is 5.86. The van der Waals surface area contributed by atoms with Gasteiger partial charge in [0.15, 0.2) is 5.82 Å². The lowest BCUT2D eigenvalue weighted by atomic mass is 10.2. The number of rotatable bonds is 3. The number of pyridine rings is 1. The van der Waals surface area contributed by atoms with Crippen LogP contribution in [0.1, 0.15) is 29.5 Å². The minimum Gasteiger partial charge on any atom is -0.264 e. The maximum Gasteiger partial charge on any atom is 0.168 e. The molecule has 1 N–H and O–H groups in total. The predicted molar refractivity (Wildman–Crippen MR) is 57.7 cm³/mol. The molecule has 5 heteroatoms. The highest BCUT2D eigenvalue weighted by atomic mass is 35.5. The highest BCUT2D eigenvalue weighted by Crippen LogP contribution is 2.14. The van der Waals surface area contributed by atoms with Crippen LogP contribution in [-0.2, 0) is 6.42 Å². The van der Waals surface area contributed by atoms with Gasteiger partial charge in [-0.1, -0.05) is 6.07 Å². The molecule has 0 spiro atoms. The largest absolute Gasteiger partial charge is 0.264 e. The summed E-state index contributed by atoms with van der Waals surface area (Å²) in [6.07, 6.45) is 4.26. The van der Waals surface area contributed by atoms with Crippen molar-refractivity contribution in [2.24, 2.45) is 0 Å². The van der Waals surface area contributed by atoms with E-state index in [1.165, 1.54) is 0 Å². The molecule has 0 radical (unpaired) electrons. The minimum absolute atomic E-state index is 0.163. The molecule has 0 bridgehead atoms. The molecule has 1 atom stereocenters. The highest BCUT2D eigenvalue weighted by molar-refractivity contribution is 6.20. The Labute approximate surface area is 92.7 Å². The molecule has 0 aliphatic rings. The molecule has 0 fully saturated rings. The molecule has 78 valence electrons. The van der Waals surface area contributed by atoms with E-state index in [0.29, 0.717) is 12.2 Å². The second kappa shape index (κ2) is 4.40. The van der Waals surface area contributed by atoms with Crippen LogP contribution in [0.2, 0.25) is 0 Å². The van der Waals surface area contributed by atoms with E-state index < -0.39 is 0 Å². The van der Waals surface area contributed by atoms with Gasteiger partial charge >= 0.3 is 0 Å². The molecule has 1 unspecified atom stereocenters. The summed E-state index contributed by atoms with van der Waals surface area (Å²) in [7, 11) is 0. The molecular weight excluding hydrogens is 212 g/mol. The fraction of sp³-hybridized carbons (Fsp3) is 0.300. The van der Waals surface area contributed by atoms with Gasteiger partial charge in [0.05, 0.1) is 5.38 Å². The van der Waals surface area contributed by atoms with Crippen molar-refractivity contribution in [1.29, 1.82) is 0 Å². The average Bonchev–Trinajstić information content (AvgIpc) is 2.68. The highest BCUT2D eigenvalue weighted by Gasteiger charge is 2.08. The van der Waals surface area contributed by atoms with Gasteiger partial charge in [0.1, 0.15) is 5.82 Å². The summed E-state index contributed by atoms with van der Waals surface area (Å²) in [5.41, 5.74) is 1.10. The molecule has 2 rings (SSSR count). The molecule has 2 heterocycles. The van der Waals surface area contributed by atoms with Crippen molar-refractivity contribution < 1.29 is 0 Å². The Morgan fingerprint density at radius 1 is 1.53 bits per heavy atom. The summed E-state index contributed by atoms with van der Waals surface area (Å²) in [6.45, 7) is 1.85. The van der Waals surface area contributed by atoms with E-state index in [1.54, 1.807) is 6.20 Å². The van der Waals surface area contributed by atoms with Crippen molar-refractivity contribution in [2.45, 2.75) is 18.7 Å². The van der Waals surface area contributed by atoms with Crippen LogP contribution in [0.5, 0.6) is 0 Å². The summed E-state index contributed by atoms with van der Waals surface area (Å²) in [4.78, 5) is 8.31. The lowest BCUT2D eigenvalue weighted by Crippen LogP contribution is -1.92. The van der Waals surface area contributed by atoms with E-state index >= 15 is 0 Å². The van der Waals surface area contributed by atoms with Crippen LogP contribution in [0.4, 0.5) is 0 Å². The van der Waals surface area contributed by atoms with Crippen LogP contribution in [-0.4, -0.2) is 20.2 Å². The van der Waals surface area contributed by atoms with Gasteiger partial charge in [-0.2, -0.15) is 5.10 Å². The molecule has 2 aromatic heterocycles. The number of alkyl halides is 1. The van der Waals surface area contributed by atoms with Gasteiger partial charge in [0.2, 0.25) is 0 Å². The number of hydrogen-bond donors (Lipinski definition) is 1. The lowest BCUT2D eigenvalue weighted by Gasteiger charge is -1.95. The number of hydrogen-bond acceptors (Lipinski definition) is 3. The Kier molecular flexibility index (Phi) is 2.97. The summed E-state index contributed by atoms with van der Waals surface area (Å²) in [6, 6.07) is 3.90. The first-order valence-electron chi connectivity index (χ1n) is 4.70. The Morgan fingerprint density at radius 3 is 3.00 bits per heavy atom. The number of halogens is 1. The van der Waals surface area contributed by atoms with Gasteiger partial charge in [0, 0.05) is 18.8 Å². The first kappa shape index (κ1) is 10.1. The third-order valence-electron chi connectivity index (χ3n) is 2.00. The van der Waals surface area contributed by atoms with E-state index in [0.717, 1.165) is 11.4 Å². The van der Waals surface area contributed by atoms with Crippen LogP contribution in [0.15, 0.2) is 24.5 Å². The number of nitrogens with zero attached hydrogens (tertiary/aromatic N) is 3.